The van der Waals surface area contributed by atoms with E-state index in [9.17, 15) is 19.5 Å². The van der Waals surface area contributed by atoms with Crippen LogP contribution in [-0.2, 0) is 17.9 Å². The molecule has 4 rings (SSSR count). The lowest BCUT2D eigenvalue weighted by Gasteiger charge is -2.24. The van der Waals surface area contributed by atoms with Crippen LogP contribution in [0.3, 0.4) is 0 Å². The van der Waals surface area contributed by atoms with Crippen molar-refractivity contribution in [2.45, 2.75) is 19.5 Å². The van der Waals surface area contributed by atoms with E-state index < -0.39 is 5.97 Å². The van der Waals surface area contributed by atoms with Crippen molar-refractivity contribution in [3.63, 3.8) is 0 Å². The first kappa shape index (κ1) is 26.4. The highest BCUT2D eigenvalue weighted by atomic mass is 16.4. The number of carboxylic acids is 1. The van der Waals surface area contributed by atoms with Gasteiger partial charge in [0.05, 0.1) is 6.42 Å². The second-order valence-corrected chi connectivity index (χ2v) is 9.09. The highest BCUT2D eigenvalue weighted by Crippen LogP contribution is 2.29. The quantitative estimate of drug-likeness (QED) is 0.297. The van der Waals surface area contributed by atoms with Crippen molar-refractivity contribution in [2.75, 3.05) is 13.6 Å². The minimum absolute atomic E-state index is 0.0672. The Bertz CT molecular complexity index is 1400. The molecule has 4 aromatic rings. The SMILES string of the molecule is CN(Cc1ccccc1)C(=O)c1ccccc1-c1ccccc1C(=O)N(CCC(=O)O)Cc1ccccc1. The molecule has 0 fully saturated rings. The standard InChI is InChI=1S/C32H30N2O4/c1-33(22-24-12-4-2-5-13-24)31(37)28-18-10-8-16-26(28)27-17-9-11-19-29(27)32(38)34(21-20-30(35)36)23-25-14-6-3-7-15-25/h2-19H,20-23H2,1H3,(H,35,36). The van der Waals surface area contributed by atoms with Crippen molar-refractivity contribution in [2.24, 2.45) is 0 Å². The molecule has 2 amide bonds. The van der Waals surface area contributed by atoms with Crippen LogP contribution in [0.5, 0.6) is 0 Å². The maximum atomic E-state index is 13.8. The molecule has 0 aliphatic rings. The van der Waals surface area contributed by atoms with E-state index in [0.29, 0.717) is 28.8 Å². The molecule has 0 saturated heterocycles. The summed E-state index contributed by atoms with van der Waals surface area (Å²) in [7, 11) is 1.76. The number of aliphatic carboxylic acids is 1. The van der Waals surface area contributed by atoms with Gasteiger partial charge in [0.15, 0.2) is 0 Å². The molecule has 192 valence electrons. The Morgan fingerprint density at radius 3 is 1.58 bits per heavy atom. The second kappa shape index (κ2) is 12.5. The van der Waals surface area contributed by atoms with Crippen LogP contribution in [0.15, 0.2) is 109 Å². The van der Waals surface area contributed by atoms with E-state index in [1.165, 1.54) is 0 Å². The number of benzene rings is 4. The molecule has 4 aromatic carbocycles. The van der Waals surface area contributed by atoms with Gasteiger partial charge in [0.2, 0.25) is 0 Å². The molecular formula is C32H30N2O4. The molecule has 0 atom stereocenters. The van der Waals surface area contributed by atoms with E-state index in [-0.39, 0.29) is 31.3 Å². The monoisotopic (exact) mass is 506 g/mol. The van der Waals surface area contributed by atoms with Gasteiger partial charge >= 0.3 is 5.97 Å². The van der Waals surface area contributed by atoms with Crippen molar-refractivity contribution in [1.29, 1.82) is 0 Å². The Balaban J connectivity index is 1.67. The molecule has 0 bridgehead atoms. The molecule has 0 spiro atoms. The van der Waals surface area contributed by atoms with Gasteiger partial charge in [-0.2, -0.15) is 0 Å². The molecule has 38 heavy (non-hydrogen) atoms. The van der Waals surface area contributed by atoms with Gasteiger partial charge in [-0.15, -0.1) is 0 Å². The van der Waals surface area contributed by atoms with Gasteiger partial charge in [0.1, 0.15) is 0 Å². The number of hydrogen-bond donors (Lipinski definition) is 1. The van der Waals surface area contributed by atoms with Crippen LogP contribution in [0.4, 0.5) is 0 Å². The van der Waals surface area contributed by atoms with Gasteiger partial charge in [0.25, 0.3) is 11.8 Å². The Kier molecular flexibility index (Phi) is 8.67. The summed E-state index contributed by atoms with van der Waals surface area (Å²) >= 11 is 0. The lowest BCUT2D eigenvalue weighted by atomic mass is 9.94. The fraction of sp³-hybridized carbons (Fsp3) is 0.156. The molecular weight excluding hydrogens is 476 g/mol. The first-order valence-electron chi connectivity index (χ1n) is 12.5. The van der Waals surface area contributed by atoms with E-state index >= 15 is 0 Å². The Labute approximate surface area is 222 Å². The van der Waals surface area contributed by atoms with Crippen LogP contribution in [0.1, 0.15) is 38.3 Å². The third kappa shape index (κ3) is 6.53. The summed E-state index contributed by atoms with van der Waals surface area (Å²) in [5, 5.41) is 9.29. The van der Waals surface area contributed by atoms with Gasteiger partial charge < -0.3 is 14.9 Å². The number of amides is 2. The van der Waals surface area contributed by atoms with Gasteiger partial charge in [-0.1, -0.05) is 97.1 Å². The summed E-state index contributed by atoms with van der Waals surface area (Å²) in [5.41, 5.74) is 4.11. The summed E-state index contributed by atoms with van der Waals surface area (Å²) in [6, 6.07) is 33.7. The molecule has 6 nitrogen and oxygen atoms in total. The first-order valence-corrected chi connectivity index (χ1v) is 12.5. The topological polar surface area (TPSA) is 77.9 Å². The van der Waals surface area contributed by atoms with Gasteiger partial charge in [-0.25, -0.2) is 0 Å². The number of carbonyl (C=O) groups excluding carboxylic acids is 2. The second-order valence-electron chi connectivity index (χ2n) is 9.09. The van der Waals surface area contributed by atoms with Crippen molar-refractivity contribution in [3.8, 4) is 11.1 Å². The summed E-state index contributed by atoms with van der Waals surface area (Å²) in [5.74, 6) is -1.41. The predicted octanol–water partition coefficient (Wildman–Crippen LogP) is 5.74. The molecule has 0 unspecified atom stereocenters. The Morgan fingerprint density at radius 1 is 0.605 bits per heavy atom. The van der Waals surface area contributed by atoms with E-state index in [0.717, 1.165) is 11.1 Å². The molecule has 0 saturated carbocycles. The summed E-state index contributed by atoms with van der Waals surface area (Å²) in [6.07, 6.45) is -0.167. The van der Waals surface area contributed by atoms with E-state index in [1.54, 1.807) is 35.0 Å². The molecule has 0 aliphatic heterocycles. The zero-order chi connectivity index (χ0) is 26.9. The molecule has 6 heteroatoms. The van der Waals surface area contributed by atoms with E-state index in [4.69, 9.17) is 0 Å². The van der Waals surface area contributed by atoms with Gasteiger partial charge in [-0.05, 0) is 34.4 Å². The van der Waals surface area contributed by atoms with Crippen molar-refractivity contribution in [3.05, 3.63) is 131 Å². The average Bonchev–Trinajstić information content (AvgIpc) is 2.95. The third-order valence-electron chi connectivity index (χ3n) is 6.31. The fourth-order valence-corrected chi connectivity index (χ4v) is 4.40. The smallest absolute Gasteiger partial charge is 0.305 e. The summed E-state index contributed by atoms with van der Waals surface area (Å²) in [4.78, 5) is 41.9. The molecule has 0 aromatic heterocycles. The minimum Gasteiger partial charge on any atom is -0.481 e. The predicted molar refractivity (Wildman–Crippen MR) is 148 cm³/mol. The van der Waals surface area contributed by atoms with Crippen LogP contribution < -0.4 is 0 Å². The van der Waals surface area contributed by atoms with Crippen LogP contribution in [0.25, 0.3) is 11.1 Å². The lowest BCUT2D eigenvalue weighted by molar-refractivity contribution is -0.137. The zero-order valence-electron chi connectivity index (χ0n) is 21.3. The first-order chi connectivity index (χ1) is 18.4. The molecule has 0 radical (unpaired) electrons. The highest BCUT2D eigenvalue weighted by molar-refractivity contribution is 6.06. The van der Waals surface area contributed by atoms with Crippen LogP contribution in [0, 0.1) is 0 Å². The number of rotatable bonds is 10. The van der Waals surface area contributed by atoms with Gasteiger partial charge in [0, 0.05) is 37.8 Å². The van der Waals surface area contributed by atoms with Crippen molar-refractivity contribution >= 4 is 17.8 Å². The molecule has 0 heterocycles. The number of nitrogens with zero attached hydrogens (tertiary/aromatic N) is 2. The number of carbonyl (C=O) groups is 3. The number of carboxylic acid groups (broad SMARTS) is 1. The summed E-state index contributed by atoms with van der Waals surface area (Å²) < 4.78 is 0. The van der Waals surface area contributed by atoms with E-state index in [1.807, 2.05) is 91.0 Å². The normalized spacial score (nSPS) is 10.6. The Hall–Kier alpha value is -4.71. The van der Waals surface area contributed by atoms with Crippen molar-refractivity contribution in [1.82, 2.24) is 9.80 Å². The third-order valence-corrected chi connectivity index (χ3v) is 6.31. The Morgan fingerprint density at radius 2 is 1.05 bits per heavy atom. The lowest BCUT2D eigenvalue weighted by Crippen LogP contribution is -2.33. The van der Waals surface area contributed by atoms with Crippen LogP contribution >= 0.6 is 0 Å². The molecule has 0 aliphatic carbocycles. The van der Waals surface area contributed by atoms with Crippen LogP contribution in [0.2, 0.25) is 0 Å². The zero-order valence-corrected chi connectivity index (χ0v) is 21.3. The number of hydrogen-bond acceptors (Lipinski definition) is 3. The fourth-order valence-electron chi connectivity index (χ4n) is 4.40. The summed E-state index contributed by atoms with van der Waals surface area (Å²) in [6.45, 7) is 0.800. The van der Waals surface area contributed by atoms with Gasteiger partial charge in [-0.3, -0.25) is 14.4 Å². The minimum atomic E-state index is -0.971. The van der Waals surface area contributed by atoms with Crippen molar-refractivity contribution < 1.29 is 19.5 Å². The highest BCUT2D eigenvalue weighted by Gasteiger charge is 2.23. The molecule has 1 N–H and O–H groups in total. The maximum Gasteiger partial charge on any atom is 0.305 e. The average molecular weight is 507 g/mol. The van der Waals surface area contributed by atoms with Crippen LogP contribution in [-0.4, -0.2) is 46.3 Å². The largest absolute Gasteiger partial charge is 0.481 e. The maximum absolute atomic E-state index is 13.8. The van der Waals surface area contributed by atoms with E-state index in [2.05, 4.69) is 0 Å².